The van der Waals surface area contributed by atoms with Gasteiger partial charge in [-0.05, 0) is 81.6 Å². The molecule has 0 radical (unpaired) electrons. The van der Waals surface area contributed by atoms with Crippen molar-refractivity contribution in [3.63, 3.8) is 0 Å². The van der Waals surface area contributed by atoms with E-state index >= 15 is 0 Å². The molecule has 19 heavy (non-hydrogen) atoms. The first kappa shape index (κ1) is 16.2. The number of rotatable bonds is 7. The lowest BCUT2D eigenvalue weighted by molar-refractivity contribution is 0.444. The van der Waals surface area contributed by atoms with Crippen molar-refractivity contribution in [1.82, 2.24) is 10.6 Å². The molecule has 0 aliphatic heterocycles. The molecule has 0 saturated heterocycles. The number of nitrogens with one attached hydrogen (secondary N) is 2. The second-order valence-electron chi connectivity index (χ2n) is 5.70. The summed E-state index contributed by atoms with van der Waals surface area (Å²) in [6.07, 6.45) is 1.22. The largest absolute Gasteiger partial charge is 0.319 e. The smallest absolute Gasteiger partial charge is 0.0211 e. The lowest BCUT2D eigenvalue weighted by atomic mass is 9.94. The highest BCUT2D eigenvalue weighted by Gasteiger charge is 2.09. The molecule has 108 valence electrons. The van der Waals surface area contributed by atoms with Gasteiger partial charge in [-0.15, -0.1) is 0 Å². The molecule has 1 aromatic rings. The Morgan fingerprint density at radius 2 is 1.58 bits per heavy atom. The highest BCUT2D eigenvalue weighted by atomic mass is 14.9. The van der Waals surface area contributed by atoms with Gasteiger partial charge >= 0.3 is 0 Å². The summed E-state index contributed by atoms with van der Waals surface area (Å²) in [7, 11) is 2.03. The summed E-state index contributed by atoms with van der Waals surface area (Å²) in [6.45, 7) is 14.3. The van der Waals surface area contributed by atoms with Crippen LogP contribution in [0.3, 0.4) is 0 Å². The van der Waals surface area contributed by atoms with Crippen LogP contribution in [0.4, 0.5) is 0 Å². The Hall–Kier alpha value is -0.860. The molecule has 0 amide bonds. The van der Waals surface area contributed by atoms with Gasteiger partial charge in [0.15, 0.2) is 0 Å². The van der Waals surface area contributed by atoms with Gasteiger partial charge in [0.25, 0.3) is 0 Å². The van der Waals surface area contributed by atoms with Crippen molar-refractivity contribution in [1.29, 1.82) is 0 Å². The van der Waals surface area contributed by atoms with Crippen LogP contribution in [0.5, 0.6) is 0 Å². The van der Waals surface area contributed by atoms with E-state index in [0.29, 0.717) is 0 Å². The molecule has 0 heterocycles. The molecule has 0 aliphatic rings. The summed E-state index contributed by atoms with van der Waals surface area (Å²) in [5.74, 6) is 0.719. The molecule has 0 aliphatic carbocycles. The van der Waals surface area contributed by atoms with Crippen LogP contribution >= 0.6 is 0 Å². The molecule has 2 N–H and O–H groups in total. The van der Waals surface area contributed by atoms with Crippen LogP contribution in [0.2, 0.25) is 0 Å². The normalized spacial score (nSPS) is 12.7. The molecular formula is C17H30N2. The molecule has 0 bridgehead atoms. The highest BCUT2D eigenvalue weighted by Crippen LogP contribution is 2.21. The van der Waals surface area contributed by atoms with Crippen LogP contribution in [0.1, 0.15) is 41.2 Å². The van der Waals surface area contributed by atoms with Gasteiger partial charge in [0.2, 0.25) is 0 Å². The SMILES string of the molecule is CCC(CNC)CNCc1c(C)c(C)cc(C)c1C. The third-order valence-corrected chi connectivity index (χ3v) is 4.33. The van der Waals surface area contributed by atoms with Crippen molar-refractivity contribution in [2.45, 2.75) is 47.6 Å². The molecule has 1 rings (SSSR count). The zero-order valence-corrected chi connectivity index (χ0v) is 13.5. The molecule has 1 aromatic carbocycles. The summed E-state index contributed by atoms with van der Waals surface area (Å²) in [5, 5.41) is 6.90. The van der Waals surface area contributed by atoms with Gasteiger partial charge in [0, 0.05) is 6.54 Å². The van der Waals surface area contributed by atoms with Gasteiger partial charge in [0.05, 0.1) is 0 Å². The highest BCUT2D eigenvalue weighted by molar-refractivity contribution is 5.43. The van der Waals surface area contributed by atoms with Crippen molar-refractivity contribution >= 4 is 0 Å². The second kappa shape index (κ2) is 7.66. The molecule has 0 spiro atoms. The van der Waals surface area contributed by atoms with Gasteiger partial charge in [0.1, 0.15) is 0 Å². The molecule has 0 aromatic heterocycles. The third-order valence-electron chi connectivity index (χ3n) is 4.33. The first-order valence-electron chi connectivity index (χ1n) is 7.42. The second-order valence-corrected chi connectivity index (χ2v) is 5.70. The average molecular weight is 262 g/mol. The fourth-order valence-corrected chi connectivity index (χ4v) is 2.61. The Labute approximate surface area is 119 Å². The molecular weight excluding hydrogens is 232 g/mol. The maximum absolute atomic E-state index is 3.63. The zero-order chi connectivity index (χ0) is 14.4. The van der Waals surface area contributed by atoms with Crippen LogP contribution < -0.4 is 10.6 Å². The van der Waals surface area contributed by atoms with Crippen molar-refractivity contribution in [3.8, 4) is 0 Å². The van der Waals surface area contributed by atoms with E-state index in [1.165, 1.54) is 34.2 Å². The van der Waals surface area contributed by atoms with Gasteiger partial charge in [-0.25, -0.2) is 0 Å². The van der Waals surface area contributed by atoms with E-state index in [1.54, 1.807) is 0 Å². The van der Waals surface area contributed by atoms with E-state index in [4.69, 9.17) is 0 Å². The maximum atomic E-state index is 3.63. The molecule has 0 fully saturated rings. The number of aryl methyl sites for hydroxylation is 2. The van der Waals surface area contributed by atoms with E-state index in [0.717, 1.165) is 25.6 Å². The summed E-state index contributed by atoms with van der Waals surface area (Å²) < 4.78 is 0. The van der Waals surface area contributed by atoms with Crippen molar-refractivity contribution < 1.29 is 0 Å². The number of hydrogen-bond donors (Lipinski definition) is 2. The summed E-state index contributed by atoms with van der Waals surface area (Å²) in [6, 6.07) is 2.30. The number of benzene rings is 1. The molecule has 1 unspecified atom stereocenters. The topological polar surface area (TPSA) is 24.1 Å². The minimum Gasteiger partial charge on any atom is -0.319 e. The van der Waals surface area contributed by atoms with Crippen LogP contribution in [0.25, 0.3) is 0 Å². The van der Waals surface area contributed by atoms with Crippen molar-refractivity contribution in [3.05, 3.63) is 33.9 Å². The van der Waals surface area contributed by atoms with E-state index in [9.17, 15) is 0 Å². The van der Waals surface area contributed by atoms with Crippen molar-refractivity contribution in [2.24, 2.45) is 5.92 Å². The predicted molar refractivity (Wildman–Crippen MR) is 84.8 cm³/mol. The van der Waals surface area contributed by atoms with Crippen LogP contribution in [-0.2, 0) is 6.54 Å². The standard InChI is InChI=1S/C17H30N2/c1-7-16(9-18-6)10-19-11-17-14(4)12(2)8-13(3)15(17)5/h8,16,18-19H,7,9-11H2,1-6H3. The van der Waals surface area contributed by atoms with E-state index in [1.807, 2.05) is 7.05 Å². The van der Waals surface area contributed by atoms with Gasteiger partial charge < -0.3 is 10.6 Å². The van der Waals surface area contributed by atoms with Gasteiger partial charge in [-0.1, -0.05) is 19.4 Å². The molecule has 1 atom stereocenters. The Balaban J connectivity index is 2.68. The Morgan fingerprint density at radius 1 is 1.00 bits per heavy atom. The molecule has 2 heteroatoms. The lowest BCUT2D eigenvalue weighted by Gasteiger charge is -2.19. The number of hydrogen-bond acceptors (Lipinski definition) is 2. The first-order chi connectivity index (χ1) is 9.01. The van der Waals surface area contributed by atoms with Gasteiger partial charge in [-0.3, -0.25) is 0 Å². The Bertz CT molecular complexity index is 384. The molecule has 0 saturated carbocycles. The third kappa shape index (κ3) is 4.32. The first-order valence-corrected chi connectivity index (χ1v) is 7.42. The van der Waals surface area contributed by atoms with E-state index < -0.39 is 0 Å². The minimum atomic E-state index is 0.719. The quantitative estimate of drug-likeness (QED) is 0.788. The monoisotopic (exact) mass is 262 g/mol. The van der Waals surface area contributed by atoms with Crippen LogP contribution in [0, 0.1) is 33.6 Å². The maximum Gasteiger partial charge on any atom is 0.0211 e. The molecule has 2 nitrogen and oxygen atoms in total. The minimum absolute atomic E-state index is 0.719. The predicted octanol–water partition coefficient (Wildman–Crippen LogP) is 3.26. The van der Waals surface area contributed by atoms with Gasteiger partial charge in [-0.2, -0.15) is 0 Å². The average Bonchev–Trinajstić information content (AvgIpc) is 2.39. The van der Waals surface area contributed by atoms with Crippen LogP contribution in [-0.4, -0.2) is 20.1 Å². The van der Waals surface area contributed by atoms with E-state index in [2.05, 4.69) is 51.3 Å². The van der Waals surface area contributed by atoms with E-state index in [-0.39, 0.29) is 0 Å². The summed E-state index contributed by atoms with van der Waals surface area (Å²) in [4.78, 5) is 0. The fraction of sp³-hybridized carbons (Fsp3) is 0.647. The van der Waals surface area contributed by atoms with Crippen molar-refractivity contribution in [2.75, 3.05) is 20.1 Å². The summed E-state index contributed by atoms with van der Waals surface area (Å²) in [5.41, 5.74) is 7.18. The Morgan fingerprint density at radius 3 is 2.05 bits per heavy atom. The Kier molecular flexibility index (Phi) is 6.53. The van der Waals surface area contributed by atoms with Crippen LogP contribution in [0.15, 0.2) is 6.07 Å². The lowest BCUT2D eigenvalue weighted by Crippen LogP contribution is -2.29. The fourth-order valence-electron chi connectivity index (χ4n) is 2.61. The zero-order valence-electron chi connectivity index (χ0n) is 13.5. The summed E-state index contributed by atoms with van der Waals surface area (Å²) >= 11 is 0.